The van der Waals surface area contributed by atoms with E-state index in [-0.39, 0.29) is 17.3 Å². The van der Waals surface area contributed by atoms with E-state index in [4.69, 9.17) is 4.74 Å². The van der Waals surface area contributed by atoms with Gasteiger partial charge < -0.3 is 10.1 Å². The van der Waals surface area contributed by atoms with Gasteiger partial charge >= 0.3 is 5.69 Å². The molecule has 7 heteroatoms. The largest absolute Gasteiger partial charge is 0.490 e. The zero-order valence-corrected chi connectivity index (χ0v) is 11.3. The van der Waals surface area contributed by atoms with Crippen molar-refractivity contribution in [1.82, 2.24) is 4.90 Å². The quantitative estimate of drug-likeness (QED) is 0.654. The number of carbonyl (C=O) groups is 1. The van der Waals surface area contributed by atoms with Crippen molar-refractivity contribution >= 4 is 17.3 Å². The number of nitrogens with zero attached hydrogens (tertiary/aromatic N) is 2. The average Bonchev–Trinajstić information content (AvgIpc) is 2.90. The van der Waals surface area contributed by atoms with Crippen LogP contribution in [0.2, 0.25) is 0 Å². The molecule has 1 saturated heterocycles. The van der Waals surface area contributed by atoms with E-state index in [2.05, 4.69) is 10.2 Å². The minimum Gasteiger partial charge on any atom is -0.490 e. The van der Waals surface area contributed by atoms with Gasteiger partial charge in [-0.25, -0.2) is 0 Å². The highest BCUT2D eigenvalue weighted by Crippen LogP contribution is 2.29. The van der Waals surface area contributed by atoms with E-state index in [9.17, 15) is 14.9 Å². The number of methoxy groups -OCH3 is 1. The normalized spacial score (nSPS) is 15.1. The molecule has 1 aromatic rings. The lowest BCUT2D eigenvalue weighted by Gasteiger charge is -2.14. The van der Waals surface area contributed by atoms with Crippen molar-refractivity contribution < 1.29 is 14.5 Å². The summed E-state index contributed by atoms with van der Waals surface area (Å²) >= 11 is 0. The fourth-order valence-corrected chi connectivity index (χ4v) is 2.25. The highest BCUT2D eigenvalue weighted by Gasteiger charge is 2.17. The van der Waals surface area contributed by atoms with Crippen LogP contribution in [0.4, 0.5) is 11.4 Å². The Hall–Kier alpha value is -2.15. The third-order valence-electron chi connectivity index (χ3n) is 3.23. The van der Waals surface area contributed by atoms with Crippen molar-refractivity contribution in [1.29, 1.82) is 0 Å². The van der Waals surface area contributed by atoms with Gasteiger partial charge in [0.2, 0.25) is 5.91 Å². The molecular formula is C13H17N3O4. The van der Waals surface area contributed by atoms with Crippen molar-refractivity contribution in [2.24, 2.45) is 0 Å². The zero-order chi connectivity index (χ0) is 14.5. The number of ether oxygens (including phenoxy) is 1. The van der Waals surface area contributed by atoms with Gasteiger partial charge in [-0.2, -0.15) is 0 Å². The third-order valence-corrected chi connectivity index (χ3v) is 3.23. The molecule has 1 aromatic carbocycles. The molecule has 1 heterocycles. The molecule has 0 aromatic heterocycles. The lowest BCUT2D eigenvalue weighted by Crippen LogP contribution is -2.30. The summed E-state index contributed by atoms with van der Waals surface area (Å²) in [5.41, 5.74) is 0.377. The van der Waals surface area contributed by atoms with Crippen LogP contribution in [0, 0.1) is 10.1 Å². The van der Waals surface area contributed by atoms with Gasteiger partial charge in [-0.05, 0) is 32.0 Å². The lowest BCUT2D eigenvalue weighted by molar-refractivity contribution is -0.385. The summed E-state index contributed by atoms with van der Waals surface area (Å²) in [6, 6.07) is 4.28. The minimum absolute atomic E-state index is 0.120. The Kier molecular flexibility index (Phi) is 4.52. The molecule has 2 rings (SSSR count). The van der Waals surface area contributed by atoms with Crippen molar-refractivity contribution in [3.63, 3.8) is 0 Å². The Labute approximate surface area is 116 Å². The number of carbonyl (C=O) groups excluding carboxylic acids is 1. The summed E-state index contributed by atoms with van der Waals surface area (Å²) in [6.07, 6.45) is 2.25. The van der Waals surface area contributed by atoms with Crippen molar-refractivity contribution in [3.05, 3.63) is 28.3 Å². The molecule has 108 valence electrons. The van der Waals surface area contributed by atoms with E-state index in [0.29, 0.717) is 12.2 Å². The molecule has 1 fully saturated rings. The molecule has 20 heavy (non-hydrogen) atoms. The number of nitro groups is 1. The Morgan fingerprint density at radius 1 is 1.45 bits per heavy atom. The average molecular weight is 279 g/mol. The van der Waals surface area contributed by atoms with E-state index >= 15 is 0 Å². The first kappa shape index (κ1) is 14.3. The van der Waals surface area contributed by atoms with Gasteiger partial charge in [0, 0.05) is 17.8 Å². The highest BCUT2D eigenvalue weighted by atomic mass is 16.6. The second-order valence-electron chi connectivity index (χ2n) is 4.68. The predicted octanol–water partition coefficient (Wildman–Crippen LogP) is 1.64. The molecular weight excluding hydrogens is 262 g/mol. The molecule has 0 saturated carbocycles. The predicted molar refractivity (Wildman–Crippen MR) is 74.0 cm³/mol. The van der Waals surface area contributed by atoms with Crippen LogP contribution in [-0.2, 0) is 4.79 Å². The molecule has 1 aliphatic rings. The van der Waals surface area contributed by atoms with E-state index in [1.165, 1.54) is 25.3 Å². The summed E-state index contributed by atoms with van der Waals surface area (Å²) < 4.78 is 4.96. The molecule has 0 bridgehead atoms. The van der Waals surface area contributed by atoms with Crippen molar-refractivity contribution in [2.75, 3.05) is 32.1 Å². The topological polar surface area (TPSA) is 84.7 Å². The highest BCUT2D eigenvalue weighted by molar-refractivity contribution is 5.92. The number of hydrogen-bond acceptors (Lipinski definition) is 5. The van der Waals surface area contributed by atoms with Gasteiger partial charge in [-0.1, -0.05) is 0 Å². The van der Waals surface area contributed by atoms with Gasteiger partial charge in [0.05, 0.1) is 18.6 Å². The minimum atomic E-state index is -0.519. The fraction of sp³-hybridized carbons (Fsp3) is 0.462. The van der Waals surface area contributed by atoms with E-state index < -0.39 is 4.92 Å². The Balaban J connectivity index is 2.01. The smallest absolute Gasteiger partial charge is 0.311 e. The van der Waals surface area contributed by atoms with Crippen molar-refractivity contribution in [3.8, 4) is 5.75 Å². The number of hydrogen-bond donors (Lipinski definition) is 1. The molecule has 0 atom stereocenters. The molecule has 1 amide bonds. The van der Waals surface area contributed by atoms with Crippen LogP contribution in [0.5, 0.6) is 5.75 Å². The summed E-state index contributed by atoms with van der Waals surface area (Å²) in [6.45, 7) is 2.23. The van der Waals surface area contributed by atoms with Gasteiger partial charge in [0.1, 0.15) is 0 Å². The Morgan fingerprint density at radius 3 is 2.75 bits per heavy atom. The van der Waals surface area contributed by atoms with Crippen LogP contribution in [0.25, 0.3) is 0 Å². The second kappa shape index (κ2) is 6.33. The van der Waals surface area contributed by atoms with Crippen LogP contribution >= 0.6 is 0 Å². The lowest BCUT2D eigenvalue weighted by atomic mass is 10.2. The number of nitrogens with one attached hydrogen (secondary N) is 1. The summed E-state index contributed by atoms with van der Waals surface area (Å²) in [7, 11) is 1.36. The first-order valence-electron chi connectivity index (χ1n) is 6.45. The standard InChI is InChI=1S/C13H17N3O4/c1-20-12-8-10(4-5-11(12)16(18)19)14-13(17)9-15-6-2-3-7-15/h4-5,8H,2-3,6-7,9H2,1H3,(H,14,17). The summed E-state index contributed by atoms with van der Waals surface area (Å²) in [5.74, 6) is 0.0109. The monoisotopic (exact) mass is 279 g/mol. The van der Waals surface area contributed by atoms with E-state index in [1.807, 2.05) is 0 Å². The van der Waals surface area contributed by atoms with Gasteiger partial charge in [-0.3, -0.25) is 19.8 Å². The first-order chi connectivity index (χ1) is 9.60. The van der Waals surface area contributed by atoms with Crippen LogP contribution in [0.1, 0.15) is 12.8 Å². The Morgan fingerprint density at radius 2 is 2.15 bits per heavy atom. The number of amides is 1. The van der Waals surface area contributed by atoms with Crippen LogP contribution in [0.15, 0.2) is 18.2 Å². The molecule has 0 radical (unpaired) electrons. The number of rotatable bonds is 5. The molecule has 0 aliphatic carbocycles. The SMILES string of the molecule is COc1cc(NC(=O)CN2CCCC2)ccc1[N+](=O)[O-]. The fourth-order valence-electron chi connectivity index (χ4n) is 2.25. The van der Waals surface area contributed by atoms with Gasteiger partial charge in [-0.15, -0.1) is 0 Å². The molecule has 0 unspecified atom stereocenters. The maximum atomic E-state index is 11.9. The van der Waals surface area contributed by atoms with Crippen LogP contribution < -0.4 is 10.1 Å². The van der Waals surface area contributed by atoms with Crippen LogP contribution in [0.3, 0.4) is 0 Å². The third kappa shape index (κ3) is 3.45. The molecule has 0 spiro atoms. The number of likely N-dealkylation sites (tertiary alicyclic amines) is 1. The summed E-state index contributed by atoms with van der Waals surface area (Å²) in [4.78, 5) is 24.2. The van der Waals surface area contributed by atoms with Gasteiger partial charge in [0.25, 0.3) is 0 Å². The molecule has 1 N–H and O–H groups in total. The van der Waals surface area contributed by atoms with E-state index in [0.717, 1.165) is 25.9 Å². The molecule has 7 nitrogen and oxygen atoms in total. The maximum Gasteiger partial charge on any atom is 0.311 e. The van der Waals surface area contributed by atoms with Crippen molar-refractivity contribution in [2.45, 2.75) is 12.8 Å². The second-order valence-corrected chi connectivity index (χ2v) is 4.68. The van der Waals surface area contributed by atoms with Gasteiger partial charge in [0.15, 0.2) is 5.75 Å². The van der Waals surface area contributed by atoms with Crippen LogP contribution in [-0.4, -0.2) is 42.5 Å². The first-order valence-corrected chi connectivity index (χ1v) is 6.45. The summed E-state index contributed by atoms with van der Waals surface area (Å²) in [5, 5.41) is 13.5. The number of benzene rings is 1. The Bertz CT molecular complexity index is 512. The zero-order valence-electron chi connectivity index (χ0n) is 11.3. The number of anilines is 1. The van der Waals surface area contributed by atoms with E-state index in [1.54, 1.807) is 0 Å². The maximum absolute atomic E-state index is 11.9. The molecule has 1 aliphatic heterocycles. The number of nitro benzene ring substituents is 1.